The fraction of sp³-hybridized carbons (Fsp3) is 0.542. The molecule has 180 valence electrons. The van der Waals surface area contributed by atoms with Crippen molar-refractivity contribution < 1.29 is 23.9 Å². The lowest BCUT2D eigenvalue weighted by atomic mass is 9.79. The number of rotatable bonds is 9. The number of amides is 2. The number of carboxylic acids is 1. The Morgan fingerprint density at radius 2 is 1.82 bits per heavy atom. The largest absolute Gasteiger partial charge is 0.477 e. The van der Waals surface area contributed by atoms with Gasteiger partial charge in [0.2, 0.25) is 5.91 Å². The number of aliphatic carboxylic acids is 1. The van der Waals surface area contributed by atoms with Crippen LogP contribution in [0.3, 0.4) is 0 Å². The van der Waals surface area contributed by atoms with Gasteiger partial charge in [0.15, 0.2) is 8.32 Å². The molecule has 2 heterocycles. The van der Waals surface area contributed by atoms with Gasteiger partial charge >= 0.3 is 5.97 Å². The molecule has 0 radical (unpaired) electrons. The van der Waals surface area contributed by atoms with Crippen LogP contribution in [-0.4, -0.2) is 66.2 Å². The maximum absolute atomic E-state index is 13.1. The van der Waals surface area contributed by atoms with Crippen LogP contribution in [0.2, 0.25) is 19.6 Å². The van der Waals surface area contributed by atoms with E-state index in [0.717, 1.165) is 0 Å². The van der Waals surface area contributed by atoms with Crippen molar-refractivity contribution >= 4 is 37.9 Å². The van der Waals surface area contributed by atoms with Gasteiger partial charge in [0.25, 0.3) is 5.91 Å². The van der Waals surface area contributed by atoms with Crippen LogP contribution in [0.5, 0.6) is 0 Å². The highest BCUT2D eigenvalue weighted by Crippen LogP contribution is 2.52. The molecule has 0 aromatic heterocycles. The lowest BCUT2D eigenvalue weighted by Gasteiger charge is -2.48. The molecule has 1 N–H and O–H groups in total. The Kier molecular flexibility index (Phi) is 7.45. The predicted molar refractivity (Wildman–Crippen MR) is 131 cm³/mol. The zero-order valence-electron chi connectivity index (χ0n) is 20.4. The quantitative estimate of drug-likeness (QED) is 0.411. The molecule has 2 amide bonds. The van der Waals surface area contributed by atoms with E-state index in [1.165, 1.54) is 16.7 Å². The van der Waals surface area contributed by atoms with Gasteiger partial charge in [-0.3, -0.25) is 9.59 Å². The zero-order valence-corrected chi connectivity index (χ0v) is 22.2. The Bertz CT molecular complexity index is 985. The van der Waals surface area contributed by atoms with Crippen LogP contribution in [0.25, 0.3) is 0 Å². The molecule has 0 unspecified atom stereocenters. The average molecular weight is 491 g/mol. The fourth-order valence-electron chi connectivity index (χ4n) is 4.81. The third-order valence-corrected chi connectivity index (χ3v) is 8.66. The van der Waals surface area contributed by atoms with Gasteiger partial charge in [-0.25, -0.2) is 4.79 Å². The third kappa shape index (κ3) is 4.76. The van der Waals surface area contributed by atoms with Crippen LogP contribution >= 0.6 is 11.8 Å². The van der Waals surface area contributed by atoms with E-state index in [-0.39, 0.29) is 41.5 Å². The molecule has 7 nitrogen and oxygen atoms in total. The van der Waals surface area contributed by atoms with Crippen LogP contribution in [0.4, 0.5) is 0 Å². The summed E-state index contributed by atoms with van der Waals surface area (Å²) in [4.78, 5) is 42.9. The summed E-state index contributed by atoms with van der Waals surface area (Å²) >= 11 is 1.29. The number of carbonyl (C=O) groups excluding carboxylic acids is 2. The predicted octanol–water partition coefficient (Wildman–Crippen LogP) is 4.27. The molecule has 9 heteroatoms. The van der Waals surface area contributed by atoms with Crippen molar-refractivity contribution in [3.63, 3.8) is 0 Å². The Hall–Kier alpha value is -2.10. The number of hydrogen-bond acceptors (Lipinski definition) is 5. The van der Waals surface area contributed by atoms with Crippen LogP contribution in [0, 0.1) is 11.8 Å². The minimum atomic E-state index is -1.86. The monoisotopic (exact) mass is 490 g/mol. The van der Waals surface area contributed by atoms with E-state index in [1.807, 2.05) is 45.9 Å². The van der Waals surface area contributed by atoms with E-state index in [9.17, 15) is 19.5 Å². The molecule has 0 saturated carbocycles. The molecule has 2 aliphatic heterocycles. The SMILES string of the molecule is CCN(CC)C(=O)c1ccccc1SC1=C(C(=O)O)N2C(=O)[C@H]([C@@H](C)O[Si](C)(C)C)[C@H]2[C@H]1C. The normalized spacial score (nSPS) is 23.3. The molecule has 4 atom stereocenters. The topological polar surface area (TPSA) is 87.2 Å². The molecule has 1 aromatic carbocycles. The first-order valence-corrected chi connectivity index (χ1v) is 15.7. The number of hydrogen-bond donors (Lipinski definition) is 1. The highest BCUT2D eigenvalue weighted by atomic mass is 32.2. The summed E-state index contributed by atoms with van der Waals surface area (Å²) in [5.41, 5.74) is 0.576. The second-order valence-electron chi connectivity index (χ2n) is 9.54. The summed E-state index contributed by atoms with van der Waals surface area (Å²) in [5.74, 6) is -1.94. The first kappa shape index (κ1) is 25.5. The van der Waals surface area contributed by atoms with E-state index < -0.39 is 14.3 Å². The smallest absolute Gasteiger partial charge is 0.353 e. The maximum atomic E-state index is 13.1. The third-order valence-electron chi connectivity index (χ3n) is 6.22. The molecule has 0 bridgehead atoms. The summed E-state index contributed by atoms with van der Waals surface area (Å²) in [6.07, 6.45) is -0.274. The van der Waals surface area contributed by atoms with Crippen molar-refractivity contribution in [1.82, 2.24) is 9.80 Å². The molecular weight excluding hydrogens is 456 g/mol. The molecule has 1 saturated heterocycles. The van der Waals surface area contributed by atoms with Crippen LogP contribution in [0.1, 0.15) is 38.1 Å². The van der Waals surface area contributed by atoms with Crippen molar-refractivity contribution in [3.8, 4) is 0 Å². The van der Waals surface area contributed by atoms with Gasteiger partial charge < -0.3 is 19.3 Å². The lowest BCUT2D eigenvalue weighted by Crippen LogP contribution is -2.64. The van der Waals surface area contributed by atoms with Gasteiger partial charge in [0.05, 0.1) is 23.6 Å². The van der Waals surface area contributed by atoms with Crippen LogP contribution in [0.15, 0.2) is 39.8 Å². The van der Waals surface area contributed by atoms with Crippen molar-refractivity contribution in [2.45, 2.75) is 64.4 Å². The van der Waals surface area contributed by atoms with E-state index >= 15 is 0 Å². The second kappa shape index (κ2) is 9.64. The van der Waals surface area contributed by atoms with Gasteiger partial charge in [-0.1, -0.05) is 30.8 Å². The number of carboxylic acid groups (broad SMARTS) is 1. The molecule has 1 fully saturated rings. The molecular formula is C24H34N2O5SSi. The molecule has 0 spiro atoms. The molecule has 1 aromatic rings. The van der Waals surface area contributed by atoms with Crippen molar-refractivity contribution in [3.05, 3.63) is 40.4 Å². The zero-order chi connectivity index (χ0) is 24.7. The second-order valence-corrected chi connectivity index (χ2v) is 15.1. The van der Waals surface area contributed by atoms with E-state index in [1.54, 1.807) is 11.0 Å². The van der Waals surface area contributed by atoms with Crippen molar-refractivity contribution in [1.29, 1.82) is 0 Å². The minimum absolute atomic E-state index is 0.0315. The summed E-state index contributed by atoms with van der Waals surface area (Å²) in [6.45, 7) is 15.2. The van der Waals surface area contributed by atoms with Crippen molar-refractivity contribution in [2.24, 2.45) is 11.8 Å². The molecule has 0 aliphatic carbocycles. The van der Waals surface area contributed by atoms with Gasteiger partial charge in [-0.2, -0.15) is 0 Å². The van der Waals surface area contributed by atoms with Gasteiger partial charge in [0.1, 0.15) is 5.70 Å². The molecule has 3 rings (SSSR count). The van der Waals surface area contributed by atoms with Crippen LogP contribution in [-0.2, 0) is 14.0 Å². The maximum Gasteiger partial charge on any atom is 0.353 e. The minimum Gasteiger partial charge on any atom is -0.477 e. The Morgan fingerprint density at radius 3 is 2.36 bits per heavy atom. The van der Waals surface area contributed by atoms with E-state index in [4.69, 9.17) is 4.43 Å². The van der Waals surface area contributed by atoms with E-state index in [0.29, 0.717) is 28.5 Å². The van der Waals surface area contributed by atoms with Crippen LogP contribution < -0.4 is 0 Å². The summed E-state index contributed by atoms with van der Waals surface area (Å²) < 4.78 is 6.19. The van der Waals surface area contributed by atoms with Gasteiger partial charge in [0, 0.05) is 28.8 Å². The van der Waals surface area contributed by atoms with E-state index in [2.05, 4.69) is 19.6 Å². The molecule has 33 heavy (non-hydrogen) atoms. The highest BCUT2D eigenvalue weighted by Gasteiger charge is 2.60. The molecule has 2 aliphatic rings. The number of benzene rings is 1. The number of carbonyl (C=O) groups is 3. The summed E-state index contributed by atoms with van der Waals surface area (Å²) in [5, 5.41) is 10.0. The number of fused-ring (bicyclic) bond motifs is 1. The first-order chi connectivity index (χ1) is 15.4. The average Bonchev–Trinajstić information content (AvgIpc) is 2.96. The summed E-state index contributed by atoms with van der Waals surface area (Å²) in [7, 11) is -1.86. The Labute approximate surface area is 201 Å². The number of nitrogens with zero attached hydrogens (tertiary/aromatic N) is 2. The lowest BCUT2D eigenvalue weighted by molar-refractivity contribution is -0.162. The Balaban J connectivity index is 1.95. The van der Waals surface area contributed by atoms with Gasteiger partial charge in [-0.05, 0) is 52.5 Å². The highest BCUT2D eigenvalue weighted by molar-refractivity contribution is 8.03. The van der Waals surface area contributed by atoms with Gasteiger partial charge in [-0.15, -0.1) is 0 Å². The van der Waals surface area contributed by atoms with Crippen molar-refractivity contribution in [2.75, 3.05) is 13.1 Å². The number of β-lactam (4-membered cyclic amide) rings is 1. The number of thioether (sulfide) groups is 1. The Morgan fingerprint density at radius 1 is 1.21 bits per heavy atom. The fourth-order valence-corrected chi connectivity index (χ4v) is 7.32. The standard InChI is InChI=1S/C24H34N2O5SSi/c1-8-25(9-2)22(27)16-12-10-11-13-17(16)32-21-14(3)19-18(15(4)31-33(5,6)7)23(28)26(19)20(21)24(29)30/h10-15,18-19H,8-9H2,1-7H3,(H,29,30)/t14-,15-,18-,19-/m1/s1. The first-order valence-electron chi connectivity index (χ1n) is 11.5. The summed E-state index contributed by atoms with van der Waals surface area (Å²) in [6, 6.07) is 7.02.